The minimum absolute atomic E-state index is 0.295. The van der Waals surface area contributed by atoms with Crippen LogP contribution in [0.5, 0.6) is 0 Å². The third kappa shape index (κ3) is 1.02. The maximum atomic E-state index is 9.25. The van der Waals surface area contributed by atoms with Crippen LogP contribution < -0.4 is 10.4 Å². The molecule has 1 aliphatic heterocycles. The number of aromatic nitrogens is 2. The topological polar surface area (TPSA) is 81.5 Å². The normalized spacial score (nSPS) is 22.2. The van der Waals surface area contributed by atoms with Gasteiger partial charge in [0, 0.05) is 18.9 Å². The van der Waals surface area contributed by atoms with Crippen molar-refractivity contribution >= 4 is 5.82 Å². The van der Waals surface area contributed by atoms with Crippen LogP contribution in [0, 0.1) is 0 Å². The van der Waals surface area contributed by atoms with Crippen molar-refractivity contribution in [2.45, 2.75) is 12.9 Å². The van der Waals surface area contributed by atoms with Gasteiger partial charge in [0.25, 0.3) is 0 Å². The molecular weight excluding hydrogens is 160 g/mol. The van der Waals surface area contributed by atoms with E-state index in [1.807, 2.05) is 0 Å². The summed E-state index contributed by atoms with van der Waals surface area (Å²) < 4.78 is 0. The Balaban J connectivity index is 2.42. The Morgan fingerprint density at radius 2 is 2.25 bits per heavy atom. The van der Waals surface area contributed by atoms with Crippen molar-refractivity contribution in [1.29, 1.82) is 0 Å². The van der Waals surface area contributed by atoms with Crippen molar-refractivity contribution in [2.75, 3.05) is 5.06 Å². The monoisotopic (exact) mass is 168 g/mol. The zero-order chi connectivity index (χ0) is 8.55. The molecule has 3 N–H and O–H groups in total. The third-order valence-corrected chi connectivity index (χ3v) is 1.65. The summed E-state index contributed by atoms with van der Waals surface area (Å²) in [5, 5.41) is 21.6. The second kappa shape index (κ2) is 2.67. The molecule has 64 valence electrons. The Labute approximate surface area is 68.4 Å². The molecule has 0 amide bonds. The van der Waals surface area contributed by atoms with Gasteiger partial charge in [-0.2, -0.15) is 5.06 Å². The van der Waals surface area contributed by atoms with E-state index in [-0.39, 0.29) is 0 Å². The summed E-state index contributed by atoms with van der Waals surface area (Å²) in [7, 11) is 0. The molecule has 2 heterocycles. The molecular formula is C6H8N4O2. The van der Waals surface area contributed by atoms with Gasteiger partial charge in [-0.15, -0.1) is 0 Å². The fourth-order valence-corrected chi connectivity index (χ4v) is 1.07. The van der Waals surface area contributed by atoms with Crippen LogP contribution >= 0.6 is 0 Å². The van der Waals surface area contributed by atoms with Gasteiger partial charge in [0.1, 0.15) is 0 Å². The predicted molar refractivity (Wildman–Crippen MR) is 39.1 cm³/mol. The first-order chi connectivity index (χ1) is 5.79. The molecule has 1 aromatic rings. The second-order valence-electron chi connectivity index (χ2n) is 2.43. The molecule has 1 aliphatic rings. The summed E-state index contributed by atoms with van der Waals surface area (Å²) >= 11 is 0. The number of aliphatic hydroxyl groups excluding tert-OH is 1. The number of hydroxylamine groups is 1. The molecule has 1 aromatic heterocycles. The lowest BCUT2D eigenvalue weighted by Gasteiger charge is -2.28. The number of hydrogen-bond donors (Lipinski definition) is 3. The SMILES string of the molecule is OC1NCc2nccnc2N1O. The van der Waals surface area contributed by atoms with E-state index < -0.39 is 6.35 Å². The first-order valence-corrected chi connectivity index (χ1v) is 3.48. The molecule has 0 saturated carbocycles. The highest BCUT2D eigenvalue weighted by atomic mass is 16.5. The van der Waals surface area contributed by atoms with E-state index in [0.29, 0.717) is 23.1 Å². The highest BCUT2D eigenvalue weighted by Crippen LogP contribution is 2.17. The Bertz CT molecular complexity index is 293. The zero-order valence-electron chi connectivity index (χ0n) is 6.18. The van der Waals surface area contributed by atoms with Crippen LogP contribution in [0.25, 0.3) is 0 Å². The van der Waals surface area contributed by atoms with Crippen molar-refractivity contribution in [2.24, 2.45) is 0 Å². The maximum Gasteiger partial charge on any atom is 0.209 e. The van der Waals surface area contributed by atoms with Gasteiger partial charge in [0.2, 0.25) is 6.35 Å². The molecule has 0 bridgehead atoms. The molecule has 0 spiro atoms. The molecule has 0 aromatic carbocycles. The fourth-order valence-electron chi connectivity index (χ4n) is 1.07. The van der Waals surface area contributed by atoms with Crippen LogP contribution in [0.1, 0.15) is 5.69 Å². The molecule has 0 saturated heterocycles. The van der Waals surface area contributed by atoms with Gasteiger partial charge in [-0.1, -0.05) is 0 Å². The van der Waals surface area contributed by atoms with E-state index in [9.17, 15) is 5.21 Å². The van der Waals surface area contributed by atoms with Crippen LogP contribution in [0.3, 0.4) is 0 Å². The number of fused-ring (bicyclic) bond motifs is 1. The molecule has 12 heavy (non-hydrogen) atoms. The average molecular weight is 168 g/mol. The highest BCUT2D eigenvalue weighted by molar-refractivity contribution is 5.41. The van der Waals surface area contributed by atoms with Crippen molar-refractivity contribution < 1.29 is 10.3 Å². The molecule has 0 aliphatic carbocycles. The van der Waals surface area contributed by atoms with E-state index in [0.717, 1.165) is 0 Å². The minimum atomic E-state index is -1.10. The fraction of sp³-hybridized carbons (Fsp3) is 0.333. The third-order valence-electron chi connectivity index (χ3n) is 1.65. The van der Waals surface area contributed by atoms with Crippen molar-refractivity contribution in [1.82, 2.24) is 15.3 Å². The van der Waals surface area contributed by atoms with Gasteiger partial charge in [0.05, 0.1) is 5.69 Å². The lowest BCUT2D eigenvalue weighted by Crippen LogP contribution is -2.48. The molecule has 2 rings (SSSR count). The van der Waals surface area contributed by atoms with Crippen LogP contribution in [-0.4, -0.2) is 26.6 Å². The van der Waals surface area contributed by atoms with Gasteiger partial charge < -0.3 is 5.11 Å². The Morgan fingerprint density at radius 3 is 3.08 bits per heavy atom. The van der Waals surface area contributed by atoms with Gasteiger partial charge in [-0.25, -0.2) is 4.98 Å². The van der Waals surface area contributed by atoms with Gasteiger partial charge in [-0.05, 0) is 0 Å². The quantitative estimate of drug-likeness (QED) is 0.463. The van der Waals surface area contributed by atoms with Crippen molar-refractivity contribution in [3.8, 4) is 0 Å². The number of rotatable bonds is 0. The van der Waals surface area contributed by atoms with Crippen LogP contribution in [0.2, 0.25) is 0 Å². The summed E-state index contributed by atoms with van der Waals surface area (Å²) in [6.45, 7) is 0.404. The predicted octanol–water partition coefficient (Wildman–Crippen LogP) is -0.949. The van der Waals surface area contributed by atoms with E-state index in [4.69, 9.17) is 5.11 Å². The number of nitrogens with one attached hydrogen (secondary N) is 1. The standard InChI is InChI=1S/C6H8N4O2/c11-6-9-3-4-5(10(6)12)8-2-1-7-4/h1-2,6,9,11-12H,3H2. The summed E-state index contributed by atoms with van der Waals surface area (Å²) in [6, 6.07) is 0. The molecule has 6 nitrogen and oxygen atoms in total. The smallest absolute Gasteiger partial charge is 0.209 e. The molecule has 0 fully saturated rings. The van der Waals surface area contributed by atoms with Crippen LogP contribution in [-0.2, 0) is 6.54 Å². The number of hydrogen-bond acceptors (Lipinski definition) is 6. The number of nitrogens with zero attached hydrogens (tertiary/aromatic N) is 3. The van der Waals surface area contributed by atoms with Crippen LogP contribution in [0.15, 0.2) is 12.4 Å². The summed E-state index contributed by atoms with van der Waals surface area (Å²) in [5.41, 5.74) is 0.616. The van der Waals surface area contributed by atoms with Gasteiger partial charge in [-0.3, -0.25) is 15.5 Å². The van der Waals surface area contributed by atoms with Gasteiger partial charge >= 0.3 is 0 Å². The van der Waals surface area contributed by atoms with E-state index in [1.165, 1.54) is 12.4 Å². The van der Waals surface area contributed by atoms with E-state index in [2.05, 4.69) is 15.3 Å². The lowest BCUT2D eigenvalue weighted by molar-refractivity contribution is 0.0308. The lowest BCUT2D eigenvalue weighted by atomic mass is 10.3. The Kier molecular flexibility index (Phi) is 1.65. The molecule has 1 unspecified atom stereocenters. The number of anilines is 1. The molecule has 1 atom stereocenters. The van der Waals surface area contributed by atoms with Crippen molar-refractivity contribution in [3.63, 3.8) is 0 Å². The van der Waals surface area contributed by atoms with E-state index in [1.54, 1.807) is 0 Å². The van der Waals surface area contributed by atoms with Crippen LogP contribution in [0.4, 0.5) is 5.82 Å². The van der Waals surface area contributed by atoms with Gasteiger partial charge in [0.15, 0.2) is 5.82 Å². The first-order valence-electron chi connectivity index (χ1n) is 3.48. The Morgan fingerprint density at radius 1 is 1.50 bits per heavy atom. The molecule has 6 heteroatoms. The number of aliphatic hydroxyl groups is 1. The Hall–Kier alpha value is -1.24. The van der Waals surface area contributed by atoms with E-state index >= 15 is 0 Å². The largest absolute Gasteiger partial charge is 0.359 e. The average Bonchev–Trinajstić information content (AvgIpc) is 2.12. The summed E-state index contributed by atoms with van der Waals surface area (Å²) in [6.07, 6.45) is 1.89. The van der Waals surface area contributed by atoms with Crippen molar-refractivity contribution in [3.05, 3.63) is 18.1 Å². The summed E-state index contributed by atoms with van der Waals surface area (Å²) in [5.74, 6) is 0.295. The summed E-state index contributed by atoms with van der Waals surface area (Å²) in [4.78, 5) is 7.83. The molecule has 0 radical (unpaired) electrons. The second-order valence-corrected chi connectivity index (χ2v) is 2.43. The first kappa shape index (κ1) is 7.41. The highest BCUT2D eigenvalue weighted by Gasteiger charge is 2.24. The zero-order valence-corrected chi connectivity index (χ0v) is 6.18. The maximum absolute atomic E-state index is 9.25. The minimum Gasteiger partial charge on any atom is -0.359 e.